The minimum Gasteiger partial charge on any atom is -0.381 e. The summed E-state index contributed by atoms with van der Waals surface area (Å²) in [6.07, 6.45) is 0. The van der Waals surface area contributed by atoms with E-state index in [1.807, 2.05) is 30.3 Å². The normalized spacial score (nSPS) is 10.4. The van der Waals surface area contributed by atoms with Crippen LogP contribution in [-0.4, -0.2) is 10.2 Å². The second-order valence-electron chi connectivity index (χ2n) is 5.18. The van der Waals surface area contributed by atoms with Gasteiger partial charge in [-0.2, -0.15) is 5.10 Å². The Balaban J connectivity index is 1.77. The first-order valence-electron chi connectivity index (χ1n) is 7.17. The molecule has 22 heavy (non-hydrogen) atoms. The highest BCUT2D eigenvalue weighted by Crippen LogP contribution is 2.23. The van der Waals surface area contributed by atoms with Crippen molar-refractivity contribution in [2.24, 2.45) is 0 Å². The van der Waals surface area contributed by atoms with Crippen LogP contribution in [0.1, 0.15) is 11.1 Å². The number of aromatic amines is 1. The third kappa shape index (κ3) is 3.23. The monoisotopic (exact) mass is 291 g/mol. The Bertz CT molecular complexity index is 805. The van der Waals surface area contributed by atoms with Crippen molar-refractivity contribution in [2.45, 2.75) is 13.5 Å². The molecular formula is C18H17N3O. The van der Waals surface area contributed by atoms with Crippen molar-refractivity contribution in [1.82, 2.24) is 10.2 Å². The molecule has 0 bridgehead atoms. The number of nitrogens with zero attached hydrogens (tertiary/aromatic N) is 1. The molecule has 0 aliphatic heterocycles. The van der Waals surface area contributed by atoms with E-state index in [9.17, 15) is 4.79 Å². The quantitative estimate of drug-likeness (QED) is 0.775. The Hall–Kier alpha value is -2.88. The van der Waals surface area contributed by atoms with Gasteiger partial charge < -0.3 is 5.32 Å². The molecule has 2 aromatic carbocycles. The first-order valence-corrected chi connectivity index (χ1v) is 7.17. The highest BCUT2D eigenvalue weighted by atomic mass is 16.1. The number of anilines is 1. The molecule has 3 rings (SSSR count). The summed E-state index contributed by atoms with van der Waals surface area (Å²) in [6.45, 7) is 2.85. The molecule has 1 aromatic heterocycles. The lowest BCUT2D eigenvalue weighted by atomic mass is 10.1. The van der Waals surface area contributed by atoms with E-state index in [0.29, 0.717) is 0 Å². The van der Waals surface area contributed by atoms with Crippen LogP contribution in [0.3, 0.4) is 0 Å². The van der Waals surface area contributed by atoms with E-state index in [-0.39, 0.29) is 5.56 Å². The standard InChI is InChI=1S/C18H17N3O/c1-13-11-15(17-9-10-18(22)21-20-17)7-8-16(13)19-12-14-5-3-2-4-6-14/h2-11,19H,12H2,1H3,(H,21,22). The van der Waals surface area contributed by atoms with Crippen molar-refractivity contribution in [3.05, 3.63) is 82.1 Å². The van der Waals surface area contributed by atoms with Crippen LogP contribution in [0, 0.1) is 6.92 Å². The second kappa shape index (κ2) is 6.26. The van der Waals surface area contributed by atoms with Crippen LogP contribution in [0.4, 0.5) is 5.69 Å². The molecule has 0 aliphatic carbocycles. The number of benzene rings is 2. The predicted molar refractivity (Wildman–Crippen MR) is 88.8 cm³/mol. The Morgan fingerprint density at radius 3 is 2.55 bits per heavy atom. The lowest BCUT2D eigenvalue weighted by Crippen LogP contribution is -2.05. The Kier molecular flexibility index (Phi) is 4.01. The fourth-order valence-corrected chi connectivity index (χ4v) is 2.32. The first kappa shape index (κ1) is 14.1. The summed E-state index contributed by atoms with van der Waals surface area (Å²) in [5.41, 5.74) is 5.03. The number of rotatable bonds is 4. The minimum atomic E-state index is -0.193. The van der Waals surface area contributed by atoms with Gasteiger partial charge in [0.2, 0.25) is 0 Å². The molecule has 0 aliphatic rings. The largest absolute Gasteiger partial charge is 0.381 e. The van der Waals surface area contributed by atoms with Gasteiger partial charge in [0.1, 0.15) is 0 Å². The highest BCUT2D eigenvalue weighted by Gasteiger charge is 2.03. The van der Waals surface area contributed by atoms with Crippen LogP contribution in [0.2, 0.25) is 0 Å². The average molecular weight is 291 g/mol. The summed E-state index contributed by atoms with van der Waals surface area (Å²) in [4.78, 5) is 11.1. The molecule has 0 amide bonds. The number of aryl methyl sites for hydroxylation is 1. The lowest BCUT2D eigenvalue weighted by molar-refractivity contribution is 0.995. The smallest absolute Gasteiger partial charge is 0.264 e. The van der Waals surface area contributed by atoms with Gasteiger partial charge in [0.15, 0.2) is 0 Å². The number of aromatic nitrogens is 2. The zero-order valence-corrected chi connectivity index (χ0v) is 12.3. The van der Waals surface area contributed by atoms with Gasteiger partial charge in [-0.05, 0) is 36.2 Å². The van der Waals surface area contributed by atoms with Gasteiger partial charge in [0.05, 0.1) is 5.69 Å². The summed E-state index contributed by atoms with van der Waals surface area (Å²) in [7, 11) is 0. The van der Waals surface area contributed by atoms with Crippen molar-refractivity contribution < 1.29 is 0 Å². The van der Waals surface area contributed by atoms with E-state index in [1.165, 1.54) is 11.6 Å². The zero-order valence-electron chi connectivity index (χ0n) is 12.3. The number of H-pyrrole nitrogens is 1. The van der Waals surface area contributed by atoms with Crippen LogP contribution in [0.5, 0.6) is 0 Å². The number of hydrogen-bond donors (Lipinski definition) is 2. The molecular weight excluding hydrogens is 274 g/mol. The highest BCUT2D eigenvalue weighted by molar-refractivity contribution is 5.65. The van der Waals surface area contributed by atoms with Gasteiger partial charge in [-0.3, -0.25) is 4.79 Å². The molecule has 110 valence electrons. The molecule has 0 fully saturated rings. The van der Waals surface area contributed by atoms with Crippen molar-refractivity contribution >= 4 is 5.69 Å². The summed E-state index contributed by atoms with van der Waals surface area (Å²) in [5.74, 6) is 0. The fourth-order valence-electron chi connectivity index (χ4n) is 2.32. The molecule has 4 nitrogen and oxygen atoms in total. The molecule has 4 heteroatoms. The molecule has 1 heterocycles. The van der Waals surface area contributed by atoms with Crippen molar-refractivity contribution in [2.75, 3.05) is 5.32 Å². The summed E-state index contributed by atoms with van der Waals surface area (Å²) in [6, 6.07) is 19.6. The van der Waals surface area contributed by atoms with E-state index >= 15 is 0 Å². The second-order valence-corrected chi connectivity index (χ2v) is 5.18. The molecule has 0 saturated carbocycles. The van der Waals surface area contributed by atoms with Gasteiger partial charge in [-0.1, -0.05) is 36.4 Å². The predicted octanol–water partition coefficient (Wildman–Crippen LogP) is 3.36. The molecule has 0 spiro atoms. The van der Waals surface area contributed by atoms with Crippen LogP contribution in [0.25, 0.3) is 11.3 Å². The number of nitrogens with one attached hydrogen (secondary N) is 2. The topological polar surface area (TPSA) is 57.8 Å². The first-order chi connectivity index (χ1) is 10.7. The van der Waals surface area contributed by atoms with Crippen LogP contribution < -0.4 is 10.9 Å². The fraction of sp³-hybridized carbons (Fsp3) is 0.111. The van der Waals surface area contributed by atoms with Gasteiger partial charge in [0, 0.05) is 23.9 Å². The van der Waals surface area contributed by atoms with Crippen LogP contribution >= 0.6 is 0 Å². The third-order valence-corrected chi connectivity index (χ3v) is 3.53. The summed E-state index contributed by atoms with van der Waals surface area (Å²) in [5, 5.41) is 9.95. The van der Waals surface area contributed by atoms with E-state index in [0.717, 1.165) is 29.1 Å². The van der Waals surface area contributed by atoms with E-state index < -0.39 is 0 Å². The molecule has 0 radical (unpaired) electrons. The van der Waals surface area contributed by atoms with Crippen molar-refractivity contribution in [3.8, 4) is 11.3 Å². The van der Waals surface area contributed by atoms with Crippen molar-refractivity contribution in [3.63, 3.8) is 0 Å². The lowest BCUT2D eigenvalue weighted by Gasteiger charge is -2.11. The average Bonchev–Trinajstić information content (AvgIpc) is 2.55. The van der Waals surface area contributed by atoms with Crippen LogP contribution in [0.15, 0.2) is 65.5 Å². The minimum absolute atomic E-state index is 0.193. The molecule has 0 saturated heterocycles. The molecule has 0 unspecified atom stereocenters. The van der Waals surface area contributed by atoms with E-state index in [2.05, 4.69) is 40.6 Å². The van der Waals surface area contributed by atoms with Gasteiger partial charge in [-0.15, -0.1) is 0 Å². The Morgan fingerprint density at radius 1 is 1.05 bits per heavy atom. The van der Waals surface area contributed by atoms with Gasteiger partial charge in [0.25, 0.3) is 5.56 Å². The molecule has 2 N–H and O–H groups in total. The Morgan fingerprint density at radius 2 is 1.86 bits per heavy atom. The maximum atomic E-state index is 11.1. The third-order valence-electron chi connectivity index (χ3n) is 3.53. The number of hydrogen-bond acceptors (Lipinski definition) is 3. The van der Waals surface area contributed by atoms with Gasteiger partial charge >= 0.3 is 0 Å². The van der Waals surface area contributed by atoms with Crippen molar-refractivity contribution in [1.29, 1.82) is 0 Å². The van der Waals surface area contributed by atoms with Crippen LogP contribution in [-0.2, 0) is 6.54 Å². The maximum Gasteiger partial charge on any atom is 0.264 e. The summed E-state index contributed by atoms with van der Waals surface area (Å²) >= 11 is 0. The van der Waals surface area contributed by atoms with Gasteiger partial charge in [-0.25, -0.2) is 5.10 Å². The maximum absolute atomic E-state index is 11.1. The van der Waals surface area contributed by atoms with E-state index in [1.54, 1.807) is 6.07 Å². The van der Waals surface area contributed by atoms with E-state index in [4.69, 9.17) is 0 Å². The molecule has 3 aromatic rings. The summed E-state index contributed by atoms with van der Waals surface area (Å²) < 4.78 is 0. The molecule has 0 atom stereocenters. The SMILES string of the molecule is Cc1cc(-c2ccc(=O)[nH]n2)ccc1NCc1ccccc1. The Labute approximate surface area is 128 Å². The zero-order chi connectivity index (χ0) is 15.4.